The van der Waals surface area contributed by atoms with E-state index in [1.807, 2.05) is 12.5 Å². The van der Waals surface area contributed by atoms with E-state index in [9.17, 15) is 13.2 Å². The lowest BCUT2D eigenvalue weighted by Crippen LogP contribution is -2.23. The predicted octanol–water partition coefficient (Wildman–Crippen LogP) is 3.73. The van der Waals surface area contributed by atoms with Crippen LogP contribution in [0.15, 0.2) is 24.3 Å². The van der Waals surface area contributed by atoms with Crippen molar-refractivity contribution >= 4 is 0 Å². The summed E-state index contributed by atoms with van der Waals surface area (Å²) in [6.07, 6.45) is -1.65. The van der Waals surface area contributed by atoms with Gasteiger partial charge in [-0.15, -0.1) is 13.2 Å². The van der Waals surface area contributed by atoms with E-state index in [0.717, 1.165) is 30.4 Å². The van der Waals surface area contributed by atoms with Crippen molar-refractivity contribution in [1.29, 1.82) is 0 Å². The molecule has 1 aromatic rings. The molecule has 0 aromatic heterocycles. The maximum atomic E-state index is 12.2. The monoisotopic (exact) mass is 298 g/mol. The van der Waals surface area contributed by atoms with E-state index in [0.29, 0.717) is 5.92 Å². The van der Waals surface area contributed by atoms with Gasteiger partial charge in [-0.3, -0.25) is 0 Å². The van der Waals surface area contributed by atoms with E-state index in [1.165, 1.54) is 25.2 Å². The van der Waals surface area contributed by atoms with E-state index in [-0.39, 0.29) is 5.75 Å². The molecule has 2 atom stereocenters. The highest BCUT2D eigenvalue weighted by molar-refractivity contribution is 5.33. The summed E-state index contributed by atoms with van der Waals surface area (Å²) in [5.74, 6) is 2.14. The number of fused-ring (bicyclic) bond motifs is 1. The van der Waals surface area contributed by atoms with Crippen LogP contribution in [-0.4, -0.2) is 30.9 Å². The minimum Gasteiger partial charge on any atom is -0.406 e. The number of alkyl halides is 3. The Hall–Kier alpha value is -1.23. The average Bonchev–Trinajstić information content (AvgIpc) is 2.87. The zero-order valence-electron chi connectivity index (χ0n) is 11.9. The van der Waals surface area contributed by atoms with Gasteiger partial charge in [0, 0.05) is 13.1 Å². The largest absolute Gasteiger partial charge is 0.573 e. The zero-order valence-corrected chi connectivity index (χ0v) is 11.9. The van der Waals surface area contributed by atoms with Crippen molar-refractivity contribution in [2.24, 2.45) is 17.8 Å². The van der Waals surface area contributed by atoms with Crippen molar-refractivity contribution in [1.82, 2.24) is 4.90 Å². The van der Waals surface area contributed by atoms with Crippen LogP contribution in [-0.2, 0) is 0 Å². The molecule has 1 aromatic carbocycles. The Bertz CT molecular complexity index is 491. The highest BCUT2D eigenvalue weighted by atomic mass is 19.4. The van der Waals surface area contributed by atoms with Crippen LogP contribution in [0.2, 0.25) is 0 Å². The number of hydrogen-bond donors (Lipinski definition) is 0. The second-order valence-corrected chi connectivity index (χ2v) is 5.90. The van der Waals surface area contributed by atoms with Crippen molar-refractivity contribution in [2.75, 3.05) is 19.6 Å². The molecule has 0 amide bonds. The molecule has 2 unspecified atom stereocenters. The summed E-state index contributed by atoms with van der Waals surface area (Å²) in [6.45, 7) is 5.64. The van der Waals surface area contributed by atoms with Crippen molar-refractivity contribution in [3.63, 3.8) is 0 Å². The fourth-order valence-electron chi connectivity index (χ4n) is 3.46. The molecular weight excluding hydrogens is 279 g/mol. The quantitative estimate of drug-likeness (QED) is 0.821. The molecule has 1 saturated heterocycles. The lowest BCUT2D eigenvalue weighted by molar-refractivity contribution is -0.274. The van der Waals surface area contributed by atoms with E-state index < -0.39 is 6.36 Å². The second-order valence-electron chi connectivity index (χ2n) is 5.90. The molecule has 1 radical (unpaired) electrons. The molecule has 2 fully saturated rings. The number of ether oxygens (including phenoxy) is 1. The minimum absolute atomic E-state index is 0.149. The van der Waals surface area contributed by atoms with Gasteiger partial charge in [0.05, 0.1) is 0 Å². The van der Waals surface area contributed by atoms with Crippen molar-refractivity contribution in [3.05, 3.63) is 36.2 Å². The van der Waals surface area contributed by atoms with E-state index in [2.05, 4.69) is 16.6 Å². The van der Waals surface area contributed by atoms with Crippen LogP contribution in [0.4, 0.5) is 13.2 Å². The van der Waals surface area contributed by atoms with Crippen LogP contribution in [0.1, 0.15) is 18.9 Å². The first-order valence-corrected chi connectivity index (χ1v) is 7.37. The summed E-state index contributed by atoms with van der Waals surface area (Å²) in [5.41, 5.74) is 0.800. The van der Waals surface area contributed by atoms with E-state index >= 15 is 0 Å². The van der Waals surface area contributed by atoms with Gasteiger partial charge in [0.1, 0.15) is 5.75 Å². The third-order valence-corrected chi connectivity index (χ3v) is 4.61. The summed E-state index contributed by atoms with van der Waals surface area (Å²) in [7, 11) is 0. The molecule has 3 rings (SSSR count). The average molecular weight is 298 g/mol. The van der Waals surface area contributed by atoms with Crippen LogP contribution < -0.4 is 4.74 Å². The minimum atomic E-state index is -4.63. The Kier molecular flexibility index (Phi) is 3.86. The standard InChI is InChI=1S/C16H19F3NO/c1-2-20-9-14-13(15(14)10-20)7-6-11-4-3-5-12(8-11)21-16(17,18)19/h3-6,8,13-15H,2,7,9-10H2,1H3. The van der Waals surface area contributed by atoms with Gasteiger partial charge in [-0.05, 0) is 54.8 Å². The molecule has 115 valence electrons. The summed E-state index contributed by atoms with van der Waals surface area (Å²) in [6, 6.07) is 6.19. The fraction of sp³-hybridized carbons (Fsp3) is 0.562. The van der Waals surface area contributed by atoms with Gasteiger partial charge >= 0.3 is 6.36 Å². The van der Waals surface area contributed by atoms with Gasteiger partial charge in [-0.1, -0.05) is 19.1 Å². The van der Waals surface area contributed by atoms with Crippen molar-refractivity contribution < 1.29 is 17.9 Å². The van der Waals surface area contributed by atoms with Crippen LogP contribution in [0.3, 0.4) is 0 Å². The molecule has 0 bridgehead atoms. The summed E-state index contributed by atoms with van der Waals surface area (Å²) < 4.78 is 40.5. The Morgan fingerprint density at radius 3 is 2.62 bits per heavy atom. The summed E-state index contributed by atoms with van der Waals surface area (Å²) in [5, 5.41) is 0. The molecule has 1 aliphatic carbocycles. The third kappa shape index (κ3) is 3.51. The maximum absolute atomic E-state index is 12.2. The smallest absolute Gasteiger partial charge is 0.406 e. The van der Waals surface area contributed by atoms with Gasteiger partial charge in [-0.25, -0.2) is 0 Å². The van der Waals surface area contributed by atoms with Crippen LogP contribution in [0.5, 0.6) is 5.75 Å². The van der Waals surface area contributed by atoms with Crippen LogP contribution in [0.25, 0.3) is 0 Å². The second kappa shape index (κ2) is 5.52. The van der Waals surface area contributed by atoms with Crippen LogP contribution >= 0.6 is 0 Å². The number of benzene rings is 1. The molecule has 2 nitrogen and oxygen atoms in total. The molecule has 5 heteroatoms. The molecule has 0 spiro atoms. The first-order chi connectivity index (χ1) is 9.96. The van der Waals surface area contributed by atoms with Gasteiger partial charge < -0.3 is 9.64 Å². The Morgan fingerprint density at radius 1 is 1.29 bits per heavy atom. The highest BCUT2D eigenvalue weighted by Crippen LogP contribution is 2.54. The summed E-state index contributed by atoms with van der Waals surface area (Å²) >= 11 is 0. The SMILES string of the molecule is CCN1CC2C(C[CH]c3cccc(OC(F)(F)F)c3)C2C1. The molecule has 1 heterocycles. The zero-order chi connectivity index (χ0) is 15.0. The molecular formula is C16H19F3NO. The highest BCUT2D eigenvalue weighted by Gasteiger charge is 2.54. The Balaban J connectivity index is 1.50. The Labute approximate surface area is 122 Å². The number of hydrogen-bond acceptors (Lipinski definition) is 2. The number of nitrogens with zero attached hydrogens (tertiary/aromatic N) is 1. The van der Waals surface area contributed by atoms with Crippen molar-refractivity contribution in [3.8, 4) is 5.75 Å². The molecule has 1 aliphatic heterocycles. The molecule has 0 N–H and O–H groups in total. The molecule has 2 aliphatic rings. The number of rotatable bonds is 5. The number of likely N-dealkylation sites (tertiary alicyclic amines) is 1. The van der Waals surface area contributed by atoms with E-state index in [1.54, 1.807) is 6.07 Å². The normalized spacial score (nSPS) is 28.5. The third-order valence-electron chi connectivity index (χ3n) is 4.61. The first kappa shape index (κ1) is 14.7. The van der Waals surface area contributed by atoms with Gasteiger partial charge in [0.15, 0.2) is 0 Å². The van der Waals surface area contributed by atoms with Gasteiger partial charge in [-0.2, -0.15) is 0 Å². The van der Waals surface area contributed by atoms with Gasteiger partial charge in [0.2, 0.25) is 0 Å². The Morgan fingerprint density at radius 2 is 2.00 bits per heavy atom. The van der Waals surface area contributed by atoms with Gasteiger partial charge in [0.25, 0.3) is 0 Å². The van der Waals surface area contributed by atoms with Crippen molar-refractivity contribution in [2.45, 2.75) is 19.7 Å². The lowest BCUT2D eigenvalue weighted by Gasteiger charge is -2.16. The topological polar surface area (TPSA) is 12.5 Å². The van der Waals surface area contributed by atoms with Crippen LogP contribution in [0, 0.1) is 24.2 Å². The molecule has 21 heavy (non-hydrogen) atoms. The number of halogens is 3. The molecule has 1 saturated carbocycles. The predicted molar refractivity (Wildman–Crippen MR) is 73.7 cm³/mol. The first-order valence-electron chi connectivity index (χ1n) is 7.37. The number of piperidine rings is 1. The lowest BCUT2D eigenvalue weighted by atomic mass is 10.0. The van der Waals surface area contributed by atoms with E-state index in [4.69, 9.17) is 0 Å². The maximum Gasteiger partial charge on any atom is 0.573 e. The summed E-state index contributed by atoms with van der Waals surface area (Å²) in [4.78, 5) is 2.46. The fourth-order valence-corrected chi connectivity index (χ4v) is 3.46.